The number of rotatable bonds is 6. The Labute approximate surface area is 170 Å². The Bertz CT molecular complexity index is 737. The van der Waals surface area contributed by atoms with E-state index in [1.807, 2.05) is 0 Å². The zero-order chi connectivity index (χ0) is 22.4. The molecule has 0 fully saturated rings. The van der Waals surface area contributed by atoms with E-state index in [9.17, 15) is 14.4 Å². The quantitative estimate of drug-likeness (QED) is 0.295. The molecule has 0 aliphatic heterocycles. The van der Waals surface area contributed by atoms with Crippen LogP contribution in [-0.4, -0.2) is 49.8 Å². The number of ether oxygens (including phenoxy) is 6. The fourth-order valence-corrected chi connectivity index (χ4v) is 2.02. The van der Waals surface area contributed by atoms with Crippen molar-refractivity contribution in [2.24, 2.45) is 0 Å². The second-order valence-corrected chi connectivity index (χ2v) is 7.96. The fraction of sp³-hybridized carbons (Fsp3) is 0.550. The lowest BCUT2D eigenvalue weighted by Crippen LogP contribution is -2.28. The van der Waals surface area contributed by atoms with Crippen molar-refractivity contribution >= 4 is 18.1 Å². The third kappa shape index (κ3) is 8.49. The summed E-state index contributed by atoms with van der Waals surface area (Å²) >= 11 is 0. The van der Waals surface area contributed by atoms with E-state index in [2.05, 4.69) is 0 Å². The van der Waals surface area contributed by atoms with Crippen molar-refractivity contribution in [3.63, 3.8) is 0 Å². The molecule has 9 nitrogen and oxygen atoms in total. The third-order valence-corrected chi connectivity index (χ3v) is 3.03. The number of hydrogen-bond donors (Lipinski definition) is 0. The number of hydrogen-bond acceptors (Lipinski definition) is 9. The van der Waals surface area contributed by atoms with E-state index in [0.29, 0.717) is 0 Å². The van der Waals surface area contributed by atoms with E-state index >= 15 is 0 Å². The maximum atomic E-state index is 12.6. The molecular weight excluding hydrogens is 384 g/mol. The Morgan fingerprint density at radius 3 is 1.72 bits per heavy atom. The summed E-state index contributed by atoms with van der Waals surface area (Å²) in [6.07, 6.45) is -3.20. The van der Waals surface area contributed by atoms with Crippen LogP contribution in [0.25, 0.3) is 0 Å². The van der Waals surface area contributed by atoms with Gasteiger partial charge in [-0.3, -0.25) is 4.79 Å². The normalized spacial score (nSPS) is 11.8. The molecule has 1 aromatic carbocycles. The second-order valence-electron chi connectivity index (χ2n) is 7.96. The molecule has 0 N–H and O–H groups in total. The number of methoxy groups -OCH3 is 2. The zero-order valence-electron chi connectivity index (χ0n) is 18.0. The van der Waals surface area contributed by atoms with Crippen molar-refractivity contribution in [2.75, 3.05) is 14.2 Å². The first-order chi connectivity index (χ1) is 13.3. The van der Waals surface area contributed by atoms with Crippen molar-refractivity contribution < 1.29 is 42.8 Å². The van der Waals surface area contributed by atoms with Crippen LogP contribution in [0.1, 0.15) is 51.9 Å². The highest BCUT2D eigenvalue weighted by molar-refractivity contribution is 6.01. The van der Waals surface area contributed by atoms with Gasteiger partial charge in [0.2, 0.25) is 12.1 Å². The van der Waals surface area contributed by atoms with Gasteiger partial charge in [0.25, 0.3) is 0 Å². The highest BCUT2D eigenvalue weighted by Crippen LogP contribution is 2.28. The first kappa shape index (κ1) is 24.4. The lowest BCUT2D eigenvalue weighted by Gasteiger charge is -2.21. The molecule has 0 amide bonds. The van der Waals surface area contributed by atoms with Crippen LogP contribution < -0.4 is 9.47 Å². The van der Waals surface area contributed by atoms with Gasteiger partial charge >= 0.3 is 12.3 Å². The number of benzene rings is 1. The van der Waals surface area contributed by atoms with Crippen molar-refractivity contribution in [1.82, 2.24) is 0 Å². The molecule has 0 aliphatic carbocycles. The monoisotopic (exact) mass is 412 g/mol. The molecule has 162 valence electrons. The molecule has 0 atom stereocenters. The minimum atomic E-state index is -1.21. The van der Waals surface area contributed by atoms with Gasteiger partial charge in [0.05, 0.1) is 5.56 Å². The first-order valence-electron chi connectivity index (χ1n) is 8.81. The highest BCUT2D eigenvalue weighted by atomic mass is 16.7. The predicted octanol–water partition coefficient (Wildman–Crippen LogP) is 4.12. The number of carbonyl (C=O) groups excluding carboxylic acids is 3. The molecule has 0 heterocycles. The molecule has 0 bridgehead atoms. The van der Waals surface area contributed by atoms with Gasteiger partial charge < -0.3 is 28.4 Å². The second kappa shape index (κ2) is 9.71. The number of Topliss-reactive ketones (excluding diaryl/α,β-unsaturated/α-hetero) is 1. The van der Waals surface area contributed by atoms with E-state index in [4.69, 9.17) is 28.4 Å². The van der Waals surface area contributed by atoms with Crippen molar-refractivity contribution in [3.05, 3.63) is 23.8 Å². The molecule has 0 aromatic heterocycles. The van der Waals surface area contributed by atoms with Gasteiger partial charge in [-0.1, -0.05) is 0 Å². The molecule has 0 radical (unpaired) electrons. The average molecular weight is 412 g/mol. The van der Waals surface area contributed by atoms with Gasteiger partial charge in [-0.05, 0) is 53.7 Å². The highest BCUT2D eigenvalue weighted by Gasteiger charge is 2.27. The Kier molecular flexibility index (Phi) is 8.16. The standard InChI is InChI=1S/C20H28O9/c1-19(2,3)28-17(22)26-12-9-10-13(15(21)16(24-7)25-8)14(11-12)27-18(23)29-20(4,5)6/h9-11,16H,1-8H3. The predicted molar refractivity (Wildman–Crippen MR) is 102 cm³/mol. The van der Waals surface area contributed by atoms with Crippen LogP contribution in [0, 0.1) is 0 Å². The molecule has 0 spiro atoms. The molecule has 0 saturated carbocycles. The Balaban J connectivity index is 3.20. The van der Waals surface area contributed by atoms with Crippen LogP contribution in [0.4, 0.5) is 9.59 Å². The molecular formula is C20H28O9. The largest absolute Gasteiger partial charge is 0.514 e. The molecule has 1 aromatic rings. The summed E-state index contributed by atoms with van der Waals surface area (Å²) in [6, 6.07) is 3.86. The summed E-state index contributed by atoms with van der Waals surface area (Å²) in [5, 5.41) is 0. The fourth-order valence-electron chi connectivity index (χ4n) is 2.02. The maximum Gasteiger partial charge on any atom is 0.514 e. The van der Waals surface area contributed by atoms with Crippen molar-refractivity contribution in [1.29, 1.82) is 0 Å². The molecule has 9 heteroatoms. The van der Waals surface area contributed by atoms with E-state index in [0.717, 1.165) is 0 Å². The topological polar surface area (TPSA) is 107 Å². The summed E-state index contributed by atoms with van der Waals surface area (Å²) in [7, 11) is 2.58. The van der Waals surface area contributed by atoms with Crippen LogP contribution in [0.15, 0.2) is 18.2 Å². The molecule has 0 aliphatic rings. The van der Waals surface area contributed by atoms with Crippen LogP contribution in [0.2, 0.25) is 0 Å². The minimum Gasteiger partial charge on any atom is -0.428 e. The lowest BCUT2D eigenvalue weighted by molar-refractivity contribution is -0.0743. The van der Waals surface area contributed by atoms with Gasteiger partial charge in [0, 0.05) is 20.3 Å². The van der Waals surface area contributed by atoms with Crippen LogP contribution >= 0.6 is 0 Å². The summed E-state index contributed by atoms with van der Waals surface area (Å²) in [6.45, 7) is 10.0. The summed E-state index contributed by atoms with van der Waals surface area (Å²) < 4.78 is 30.4. The summed E-state index contributed by atoms with van der Waals surface area (Å²) in [4.78, 5) is 36.6. The molecule has 1 rings (SSSR count). The molecule has 0 saturated heterocycles. The smallest absolute Gasteiger partial charge is 0.428 e. The van der Waals surface area contributed by atoms with E-state index < -0.39 is 35.6 Å². The maximum absolute atomic E-state index is 12.6. The number of ketones is 1. The van der Waals surface area contributed by atoms with Crippen molar-refractivity contribution in [3.8, 4) is 11.5 Å². The van der Waals surface area contributed by atoms with Gasteiger partial charge in [-0.15, -0.1) is 0 Å². The average Bonchev–Trinajstić information content (AvgIpc) is 2.52. The van der Waals surface area contributed by atoms with Gasteiger partial charge in [0.1, 0.15) is 22.7 Å². The van der Waals surface area contributed by atoms with E-state index in [1.54, 1.807) is 41.5 Å². The zero-order valence-corrected chi connectivity index (χ0v) is 18.0. The van der Waals surface area contributed by atoms with Gasteiger partial charge in [-0.25, -0.2) is 9.59 Å². The van der Waals surface area contributed by atoms with Crippen LogP contribution in [-0.2, 0) is 18.9 Å². The first-order valence-corrected chi connectivity index (χ1v) is 8.81. The SMILES string of the molecule is COC(OC)C(=O)c1ccc(OC(=O)OC(C)(C)C)cc1OC(=O)OC(C)(C)C. The summed E-state index contributed by atoms with van der Waals surface area (Å²) in [5.41, 5.74) is -1.60. The third-order valence-electron chi connectivity index (χ3n) is 3.03. The Hall–Kier alpha value is -2.65. The Morgan fingerprint density at radius 2 is 1.28 bits per heavy atom. The lowest BCUT2D eigenvalue weighted by atomic mass is 10.1. The Morgan fingerprint density at radius 1 is 0.793 bits per heavy atom. The van der Waals surface area contributed by atoms with Gasteiger partial charge in [-0.2, -0.15) is 0 Å². The number of carbonyl (C=O) groups is 3. The van der Waals surface area contributed by atoms with Gasteiger partial charge in [0.15, 0.2) is 0 Å². The summed E-state index contributed by atoms with van der Waals surface area (Å²) in [5.74, 6) is -0.789. The van der Waals surface area contributed by atoms with Crippen molar-refractivity contribution in [2.45, 2.75) is 59.0 Å². The molecule has 0 unspecified atom stereocenters. The van der Waals surface area contributed by atoms with E-state index in [1.165, 1.54) is 32.4 Å². The van der Waals surface area contributed by atoms with E-state index in [-0.39, 0.29) is 17.1 Å². The van der Waals surface area contributed by atoms with Crippen LogP contribution in [0.3, 0.4) is 0 Å². The minimum absolute atomic E-state index is 0.000687. The van der Waals surface area contributed by atoms with Crippen LogP contribution in [0.5, 0.6) is 11.5 Å². The molecule has 29 heavy (non-hydrogen) atoms.